The van der Waals surface area contributed by atoms with Crippen LogP contribution < -0.4 is 5.72 Å². The van der Waals surface area contributed by atoms with Crippen molar-refractivity contribution in [2.45, 2.75) is 126 Å². The van der Waals surface area contributed by atoms with Gasteiger partial charge in [0.05, 0.1) is 23.3 Å². The SMILES string of the molecule is [2H]N([2H])[C@@]([2H])(C([2H])([2H])O)[C@](O)(/C=C/CCCCCCCCCCCCC)C1O[C@H](CO)[C@@H](O)[C@H](O)[C@H]1O. The number of aliphatic hydroxyl groups excluding tert-OH is 4. The molecule has 0 saturated carbocycles. The minimum Gasteiger partial charge on any atom is -0.395 e. The van der Waals surface area contributed by atoms with Crippen molar-refractivity contribution in [3.05, 3.63) is 12.2 Å². The Morgan fingerprint density at radius 2 is 1.53 bits per heavy atom. The molecule has 32 heavy (non-hydrogen) atoms. The van der Waals surface area contributed by atoms with Gasteiger partial charge in [0.25, 0.3) is 0 Å². The average molecular weight is 467 g/mol. The zero-order valence-corrected chi connectivity index (χ0v) is 19.3. The highest BCUT2D eigenvalue weighted by atomic mass is 16.6. The Balaban J connectivity index is 2.89. The van der Waals surface area contributed by atoms with E-state index in [0.29, 0.717) is 12.8 Å². The maximum Gasteiger partial charge on any atom is 0.129 e. The second-order valence-corrected chi connectivity index (χ2v) is 8.76. The summed E-state index contributed by atoms with van der Waals surface area (Å²) in [6.07, 6.45) is 5.61. The van der Waals surface area contributed by atoms with Crippen molar-refractivity contribution < 1.29 is 42.3 Å². The highest BCUT2D eigenvalue weighted by molar-refractivity contribution is 5.15. The van der Waals surface area contributed by atoms with Gasteiger partial charge in [0, 0.05) is 0 Å². The molecule has 1 saturated heterocycles. The van der Waals surface area contributed by atoms with E-state index in [1.54, 1.807) is 0 Å². The van der Waals surface area contributed by atoms with Crippen LogP contribution in [-0.2, 0) is 4.74 Å². The fraction of sp³-hybridized carbons (Fsp3) is 0.917. The molecular weight excluding hydrogens is 414 g/mol. The second kappa shape index (κ2) is 16.1. The molecule has 1 aliphatic heterocycles. The van der Waals surface area contributed by atoms with Gasteiger partial charge in [-0.25, -0.2) is 0 Å². The molecule has 0 amide bonds. The van der Waals surface area contributed by atoms with Crippen LogP contribution >= 0.6 is 0 Å². The Morgan fingerprint density at radius 1 is 0.969 bits per heavy atom. The highest BCUT2D eigenvalue weighted by Crippen LogP contribution is 2.31. The number of aliphatic hydroxyl groups is 6. The lowest BCUT2D eigenvalue weighted by atomic mass is 9.80. The van der Waals surface area contributed by atoms with E-state index in [1.807, 2.05) is 0 Å². The number of hydrogen-bond acceptors (Lipinski definition) is 8. The lowest BCUT2D eigenvalue weighted by molar-refractivity contribution is -0.265. The van der Waals surface area contributed by atoms with Crippen molar-refractivity contribution in [1.82, 2.24) is 0 Å². The average Bonchev–Trinajstić information content (AvgIpc) is 2.84. The van der Waals surface area contributed by atoms with Gasteiger partial charge in [-0.1, -0.05) is 83.3 Å². The Hall–Kier alpha value is -0.580. The molecule has 0 aromatic carbocycles. The van der Waals surface area contributed by atoms with Crippen LogP contribution in [0, 0.1) is 0 Å². The molecule has 1 fully saturated rings. The molecule has 0 aliphatic carbocycles. The van der Waals surface area contributed by atoms with Crippen LogP contribution in [-0.4, -0.2) is 85.9 Å². The predicted molar refractivity (Wildman–Crippen MR) is 124 cm³/mol. The third kappa shape index (κ3) is 8.99. The summed E-state index contributed by atoms with van der Waals surface area (Å²) in [6, 6.07) is -3.46. The summed E-state index contributed by atoms with van der Waals surface area (Å²) < 4.78 is 44.4. The van der Waals surface area contributed by atoms with Crippen molar-refractivity contribution in [2.75, 3.05) is 13.2 Å². The minimum atomic E-state index is -3.68. The molecule has 0 spiro atoms. The molecular formula is C24H47NO7. The van der Waals surface area contributed by atoms with Gasteiger partial charge in [-0.3, -0.25) is 0 Å². The topological polar surface area (TPSA) is 157 Å². The first-order chi connectivity index (χ1) is 17.3. The zero-order chi connectivity index (χ0) is 28.3. The van der Waals surface area contributed by atoms with Crippen molar-refractivity contribution in [3.8, 4) is 0 Å². The van der Waals surface area contributed by atoms with Gasteiger partial charge in [-0.15, -0.1) is 0 Å². The largest absolute Gasteiger partial charge is 0.395 e. The van der Waals surface area contributed by atoms with Crippen LogP contribution in [0.1, 0.15) is 88.1 Å². The van der Waals surface area contributed by atoms with E-state index in [2.05, 4.69) is 6.92 Å². The second-order valence-electron chi connectivity index (χ2n) is 8.76. The highest BCUT2D eigenvalue weighted by Gasteiger charge is 2.53. The molecule has 1 rings (SSSR count). The zero-order valence-electron chi connectivity index (χ0n) is 24.3. The molecule has 1 heterocycles. The molecule has 8 nitrogen and oxygen atoms in total. The van der Waals surface area contributed by atoms with Gasteiger partial charge in [0.15, 0.2) is 0 Å². The summed E-state index contributed by atoms with van der Waals surface area (Å²) in [4.78, 5) is 0. The Labute approximate surface area is 200 Å². The van der Waals surface area contributed by atoms with E-state index in [0.717, 1.165) is 31.8 Å². The molecule has 1 unspecified atom stereocenters. The molecule has 190 valence electrons. The fourth-order valence-corrected chi connectivity index (χ4v) is 4.05. The molecule has 8 heteroatoms. The van der Waals surface area contributed by atoms with E-state index in [9.17, 15) is 30.6 Å². The Kier molecular flexibility index (Phi) is 11.0. The maximum absolute atomic E-state index is 11.5. The van der Waals surface area contributed by atoms with Crippen LogP contribution in [0.25, 0.3) is 0 Å². The van der Waals surface area contributed by atoms with Crippen LogP contribution in [0.2, 0.25) is 2.82 Å². The van der Waals surface area contributed by atoms with Crippen LogP contribution in [0.4, 0.5) is 0 Å². The first-order valence-electron chi connectivity index (χ1n) is 14.4. The van der Waals surface area contributed by atoms with Gasteiger partial charge in [0.1, 0.15) is 38.9 Å². The molecule has 7 atom stereocenters. The van der Waals surface area contributed by atoms with Gasteiger partial charge >= 0.3 is 0 Å². The quantitative estimate of drug-likeness (QED) is 0.117. The summed E-state index contributed by atoms with van der Waals surface area (Å²) in [7, 11) is 0. The smallest absolute Gasteiger partial charge is 0.129 e. The number of ether oxygens (including phenoxy) is 1. The number of nitrogens with two attached hydrogens (primary N) is 1. The molecule has 1 aliphatic rings. The van der Waals surface area contributed by atoms with E-state index in [-0.39, 0.29) is 0 Å². The van der Waals surface area contributed by atoms with Gasteiger partial charge in [0.2, 0.25) is 0 Å². The molecule has 0 bridgehead atoms. The van der Waals surface area contributed by atoms with Crippen molar-refractivity contribution in [2.24, 2.45) is 5.72 Å². The van der Waals surface area contributed by atoms with Crippen molar-refractivity contribution in [1.29, 1.82) is 0 Å². The van der Waals surface area contributed by atoms with E-state index in [4.69, 9.17) is 11.7 Å². The summed E-state index contributed by atoms with van der Waals surface area (Å²) in [6.45, 7) is -2.33. The van der Waals surface area contributed by atoms with E-state index in [1.165, 1.54) is 44.6 Å². The van der Waals surface area contributed by atoms with Crippen LogP contribution in [0.3, 0.4) is 0 Å². The minimum absolute atomic E-state index is 0.372. The molecule has 0 radical (unpaired) electrons. The lowest BCUT2D eigenvalue weighted by Gasteiger charge is -2.47. The summed E-state index contributed by atoms with van der Waals surface area (Å²) in [5, 5.41) is 61.8. The number of rotatable bonds is 18. The van der Waals surface area contributed by atoms with Crippen molar-refractivity contribution >= 4 is 0 Å². The van der Waals surface area contributed by atoms with E-state index >= 15 is 0 Å². The van der Waals surface area contributed by atoms with Crippen LogP contribution in [0.15, 0.2) is 12.2 Å². The standard InChI is InChI=1S/C24H47NO7/c1-2-3-4-5-6-7-8-9-10-11-12-13-14-15-24(31,19(25)17-27)23-22(30)21(29)20(28)18(16-26)32-23/h14-15,18-23,26-31H,2-13,16-17,25H2,1H3/b15-14+/t18-,19+,20-,21+,22-,23?,24-/m1/s1/i17D2,19D/hD2. The number of unbranched alkanes of at least 4 members (excludes halogenated alkanes) is 11. The Morgan fingerprint density at radius 3 is 2.03 bits per heavy atom. The monoisotopic (exact) mass is 466 g/mol. The first-order valence-corrected chi connectivity index (χ1v) is 12.0. The molecule has 0 aromatic heterocycles. The third-order valence-electron chi connectivity index (χ3n) is 6.16. The van der Waals surface area contributed by atoms with Gasteiger partial charge < -0.3 is 41.1 Å². The summed E-state index contributed by atoms with van der Waals surface area (Å²) in [5.41, 5.74) is -3.60. The van der Waals surface area contributed by atoms with Gasteiger partial charge in [-0.2, -0.15) is 0 Å². The molecule has 8 N–H and O–H groups in total. The van der Waals surface area contributed by atoms with Gasteiger partial charge in [-0.05, 0) is 12.8 Å². The van der Waals surface area contributed by atoms with Crippen molar-refractivity contribution in [3.63, 3.8) is 0 Å². The normalized spacial score (nSPS) is 33.1. The summed E-state index contributed by atoms with van der Waals surface area (Å²) >= 11 is 0. The maximum atomic E-state index is 11.5. The molecule has 0 aromatic rings. The van der Waals surface area contributed by atoms with E-state index < -0.39 is 61.0 Å². The predicted octanol–water partition coefficient (Wildman–Crippen LogP) is 1.14. The number of allylic oxidation sites excluding steroid dienone is 1. The summed E-state index contributed by atoms with van der Waals surface area (Å²) in [5.74, 6) is 0. The lowest BCUT2D eigenvalue weighted by Crippen LogP contribution is -2.69. The Bertz CT molecular complexity index is 670. The first kappa shape index (κ1) is 21.9. The fourth-order valence-electron chi connectivity index (χ4n) is 4.05. The van der Waals surface area contributed by atoms with Crippen LogP contribution in [0.5, 0.6) is 0 Å². The number of hydrogen-bond donors (Lipinski definition) is 7. The third-order valence-corrected chi connectivity index (χ3v) is 6.16.